The average Bonchev–Trinajstić information content (AvgIpc) is 2.58. The van der Waals surface area contributed by atoms with Crippen LogP contribution >= 0.6 is 11.3 Å². The van der Waals surface area contributed by atoms with Crippen LogP contribution in [0.5, 0.6) is 0 Å². The minimum atomic E-state index is 1.19. The van der Waals surface area contributed by atoms with E-state index < -0.39 is 0 Å². The summed E-state index contributed by atoms with van der Waals surface area (Å²) in [6, 6.07) is 2.10. The highest BCUT2D eigenvalue weighted by molar-refractivity contribution is 7.19. The van der Waals surface area contributed by atoms with E-state index in [-0.39, 0.29) is 0 Å². The van der Waals surface area contributed by atoms with E-state index >= 15 is 0 Å². The van der Waals surface area contributed by atoms with Crippen molar-refractivity contribution in [2.75, 3.05) is 0 Å². The molecule has 0 aliphatic heterocycles. The molecular weight excluding hydrogens is 202 g/mol. The van der Waals surface area contributed by atoms with Gasteiger partial charge >= 0.3 is 0 Å². The maximum Gasteiger partial charge on any atom is 0.0887 e. The molecular formula is C13H13NS. The first-order valence-corrected chi connectivity index (χ1v) is 6.11. The molecule has 0 saturated carbocycles. The monoisotopic (exact) mass is 215 g/mol. The van der Waals surface area contributed by atoms with Crippen molar-refractivity contribution in [3.05, 3.63) is 33.8 Å². The number of aryl methyl sites for hydroxylation is 2. The maximum absolute atomic E-state index is 4.52. The molecule has 2 heterocycles. The molecule has 3 rings (SSSR count). The zero-order chi connectivity index (χ0) is 10.4. The van der Waals surface area contributed by atoms with Gasteiger partial charge in [0.05, 0.1) is 10.2 Å². The van der Waals surface area contributed by atoms with Gasteiger partial charge in [-0.1, -0.05) is 11.6 Å². The summed E-state index contributed by atoms with van der Waals surface area (Å²) in [6.07, 6.45) is 6.63. The van der Waals surface area contributed by atoms with E-state index in [4.69, 9.17) is 0 Å². The Morgan fingerprint density at radius 2 is 2.13 bits per heavy atom. The Bertz CT molecular complexity index is 563. The predicted molar refractivity (Wildman–Crippen MR) is 66.3 cm³/mol. The number of fused-ring (bicyclic) bond motifs is 3. The summed E-state index contributed by atoms with van der Waals surface area (Å²) < 4.78 is 1.37. The largest absolute Gasteiger partial charge is 0.255 e. The second kappa shape index (κ2) is 3.17. The lowest BCUT2D eigenvalue weighted by Crippen LogP contribution is -1.93. The fraction of sp³-hybridized carbons (Fsp3) is 0.308. The van der Waals surface area contributed by atoms with Crippen molar-refractivity contribution in [3.8, 4) is 0 Å². The Morgan fingerprint density at radius 1 is 1.27 bits per heavy atom. The molecule has 0 atom stereocenters. The summed E-state index contributed by atoms with van der Waals surface area (Å²) in [5.41, 5.74) is 5.41. The van der Waals surface area contributed by atoms with Crippen LogP contribution in [0.25, 0.3) is 16.3 Å². The van der Waals surface area contributed by atoms with Crippen LogP contribution < -0.4 is 0 Å². The second-order valence-corrected chi connectivity index (χ2v) is 5.34. The van der Waals surface area contributed by atoms with E-state index in [1.54, 1.807) is 0 Å². The standard InChI is InChI=1S/C13H13NS/c1-8-3-4-11-10(7-8)12-13(15-11)9(2)5-6-14-12/h5-7H,3-4H2,1-2H3. The molecule has 15 heavy (non-hydrogen) atoms. The van der Waals surface area contributed by atoms with Crippen molar-refractivity contribution in [3.63, 3.8) is 0 Å². The molecule has 0 N–H and O–H groups in total. The summed E-state index contributed by atoms with van der Waals surface area (Å²) in [5, 5.41) is 0. The summed E-state index contributed by atoms with van der Waals surface area (Å²) in [4.78, 5) is 6.03. The molecule has 0 aromatic carbocycles. The third kappa shape index (κ3) is 1.32. The number of hydrogen-bond acceptors (Lipinski definition) is 2. The van der Waals surface area contributed by atoms with Crippen LogP contribution in [0.2, 0.25) is 0 Å². The van der Waals surface area contributed by atoms with Crippen LogP contribution in [-0.4, -0.2) is 4.98 Å². The van der Waals surface area contributed by atoms with Gasteiger partial charge in [-0.15, -0.1) is 11.3 Å². The quantitative estimate of drug-likeness (QED) is 0.648. The Hall–Kier alpha value is -1.15. The van der Waals surface area contributed by atoms with E-state index in [1.165, 1.54) is 44.6 Å². The molecule has 2 aromatic rings. The molecule has 0 unspecified atom stereocenters. The highest BCUT2D eigenvalue weighted by atomic mass is 32.1. The Balaban J connectivity index is 2.39. The van der Waals surface area contributed by atoms with Crippen molar-refractivity contribution >= 4 is 27.6 Å². The summed E-state index contributed by atoms with van der Waals surface area (Å²) >= 11 is 1.92. The second-order valence-electron chi connectivity index (χ2n) is 4.24. The number of thiophene rings is 1. The van der Waals surface area contributed by atoms with E-state index in [1.807, 2.05) is 17.5 Å². The minimum absolute atomic E-state index is 1.19. The van der Waals surface area contributed by atoms with Gasteiger partial charge in [0.15, 0.2) is 0 Å². The normalized spacial score (nSPS) is 15.2. The van der Waals surface area contributed by atoms with Crippen molar-refractivity contribution in [2.24, 2.45) is 0 Å². The Kier molecular flexibility index (Phi) is 1.93. The SMILES string of the molecule is CC1=Cc2c(sc3c(C)ccnc23)CC1. The van der Waals surface area contributed by atoms with Crippen LogP contribution in [-0.2, 0) is 6.42 Å². The average molecular weight is 215 g/mol. The smallest absolute Gasteiger partial charge is 0.0887 e. The molecule has 0 amide bonds. The third-order valence-corrected chi connectivity index (χ3v) is 4.41. The maximum atomic E-state index is 4.52. The van der Waals surface area contributed by atoms with Gasteiger partial charge in [-0.3, -0.25) is 4.98 Å². The summed E-state index contributed by atoms with van der Waals surface area (Å²) in [6.45, 7) is 4.38. The van der Waals surface area contributed by atoms with Crippen molar-refractivity contribution in [1.29, 1.82) is 0 Å². The number of rotatable bonds is 0. The molecule has 2 aromatic heterocycles. The van der Waals surface area contributed by atoms with Gasteiger partial charge in [0.1, 0.15) is 0 Å². The van der Waals surface area contributed by atoms with Crippen LogP contribution in [0.4, 0.5) is 0 Å². The number of pyridine rings is 1. The fourth-order valence-electron chi connectivity index (χ4n) is 2.14. The molecule has 0 spiro atoms. The van der Waals surface area contributed by atoms with E-state index in [0.29, 0.717) is 0 Å². The minimum Gasteiger partial charge on any atom is -0.255 e. The number of aromatic nitrogens is 1. The number of nitrogens with zero attached hydrogens (tertiary/aromatic N) is 1. The van der Waals surface area contributed by atoms with Crippen LogP contribution in [0.1, 0.15) is 29.3 Å². The number of allylic oxidation sites excluding steroid dienone is 1. The van der Waals surface area contributed by atoms with Crippen LogP contribution in [0, 0.1) is 6.92 Å². The lowest BCUT2D eigenvalue weighted by molar-refractivity contribution is 0.949. The van der Waals surface area contributed by atoms with Gasteiger partial charge in [0.25, 0.3) is 0 Å². The molecule has 76 valence electrons. The zero-order valence-corrected chi connectivity index (χ0v) is 9.82. The summed E-state index contributed by atoms with van der Waals surface area (Å²) in [5.74, 6) is 0. The molecule has 0 bridgehead atoms. The Morgan fingerprint density at radius 3 is 3.00 bits per heavy atom. The van der Waals surface area contributed by atoms with Gasteiger partial charge in [-0.2, -0.15) is 0 Å². The fourth-order valence-corrected chi connectivity index (χ4v) is 3.34. The lowest BCUT2D eigenvalue weighted by Gasteiger charge is -2.08. The van der Waals surface area contributed by atoms with Crippen molar-refractivity contribution in [1.82, 2.24) is 4.98 Å². The zero-order valence-electron chi connectivity index (χ0n) is 9.00. The first kappa shape index (κ1) is 9.10. The van der Waals surface area contributed by atoms with E-state index in [0.717, 1.165) is 0 Å². The van der Waals surface area contributed by atoms with E-state index in [2.05, 4.69) is 31.0 Å². The van der Waals surface area contributed by atoms with Gasteiger partial charge in [0, 0.05) is 16.6 Å². The van der Waals surface area contributed by atoms with Crippen LogP contribution in [0.3, 0.4) is 0 Å². The number of hydrogen-bond donors (Lipinski definition) is 0. The molecule has 0 radical (unpaired) electrons. The van der Waals surface area contributed by atoms with Crippen molar-refractivity contribution in [2.45, 2.75) is 26.7 Å². The molecule has 1 nitrogen and oxygen atoms in total. The highest BCUT2D eigenvalue weighted by Gasteiger charge is 2.16. The highest BCUT2D eigenvalue weighted by Crippen LogP contribution is 2.37. The summed E-state index contributed by atoms with van der Waals surface area (Å²) in [7, 11) is 0. The van der Waals surface area contributed by atoms with Gasteiger partial charge in [0.2, 0.25) is 0 Å². The van der Waals surface area contributed by atoms with E-state index in [9.17, 15) is 0 Å². The topological polar surface area (TPSA) is 12.9 Å². The molecule has 0 saturated heterocycles. The predicted octanol–water partition coefficient (Wildman–Crippen LogP) is 3.95. The molecule has 0 fully saturated rings. The van der Waals surface area contributed by atoms with Crippen molar-refractivity contribution < 1.29 is 0 Å². The third-order valence-electron chi connectivity index (χ3n) is 3.02. The Labute approximate surface area is 93.5 Å². The van der Waals surface area contributed by atoms with Gasteiger partial charge in [-0.05, 0) is 38.3 Å². The van der Waals surface area contributed by atoms with Crippen LogP contribution in [0.15, 0.2) is 17.8 Å². The van der Waals surface area contributed by atoms with Gasteiger partial charge in [-0.25, -0.2) is 0 Å². The first-order chi connectivity index (χ1) is 7.25. The lowest BCUT2D eigenvalue weighted by atomic mass is 9.99. The molecule has 1 aliphatic carbocycles. The van der Waals surface area contributed by atoms with Gasteiger partial charge < -0.3 is 0 Å². The molecule has 2 heteroatoms. The first-order valence-electron chi connectivity index (χ1n) is 5.30. The molecule has 1 aliphatic rings.